The minimum atomic E-state index is 0.443. The minimum absolute atomic E-state index is 0.443. The van der Waals surface area contributed by atoms with Crippen LogP contribution in [0.25, 0.3) is 0 Å². The molecule has 3 nitrogen and oxygen atoms in total. The molecule has 0 spiro atoms. The molecule has 1 rings (SSSR count). The molecule has 0 amide bonds. The molecule has 0 aromatic heterocycles. The van der Waals surface area contributed by atoms with E-state index in [-0.39, 0.29) is 0 Å². The third kappa shape index (κ3) is 4.04. The normalized spacial score (nSPS) is 24.8. The SMILES string of the molecule is CN(C)CCCC1CCOCO1. The van der Waals surface area contributed by atoms with Crippen molar-refractivity contribution in [2.24, 2.45) is 0 Å². The van der Waals surface area contributed by atoms with Gasteiger partial charge in [0.15, 0.2) is 0 Å². The lowest BCUT2D eigenvalue weighted by atomic mass is 10.1. The summed E-state index contributed by atoms with van der Waals surface area (Å²) in [6, 6.07) is 0. The summed E-state index contributed by atoms with van der Waals surface area (Å²) in [5, 5.41) is 0. The summed E-state index contributed by atoms with van der Waals surface area (Å²) in [5.74, 6) is 0. The van der Waals surface area contributed by atoms with Crippen LogP contribution in [-0.2, 0) is 9.47 Å². The Morgan fingerprint density at radius 1 is 1.42 bits per heavy atom. The Morgan fingerprint density at radius 2 is 2.25 bits per heavy atom. The average Bonchev–Trinajstić information content (AvgIpc) is 2.05. The Labute approximate surface area is 74.6 Å². The lowest BCUT2D eigenvalue weighted by molar-refractivity contribution is -0.140. The Balaban J connectivity index is 1.98. The van der Waals surface area contributed by atoms with E-state index in [4.69, 9.17) is 9.47 Å². The Bertz CT molecular complexity index is 111. The Kier molecular flexibility index (Phi) is 4.58. The summed E-state index contributed by atoms with van der Waals surface area (Å²) in [5.41, 5.74) is 0. The van der Waals surface area contributed by atoms with Gasteiger partial charge in [-0.15, -0.1) is 0 Å². The molecular weight excluding hydrogens is 154 g/mol. The van der Waals surface area contributed by atoms with E-state index in [1.807, 2.05) is 0 Å². The first-order chi connectivity index (χ1) is 5.79. The number of ether oxygens (including phenoxy) is 2. The summed E-state index contributed by atoms with van der Waals surface area (Å²) < 4.78 is 10.5. The maximum Gasteiger partial charge on any atom is 0.147 e. The molecule has 1 heterocycles. The quantitative estimate of drug-likeness (QED) is 0.635. The fraction of sp³-hybridized carbons (Fsp3) is 1.00. The highest BCUT2D eigenvalue weighted by molar-refractivity contribution is 4.60. The second-order valence-electron chi connectivity index (χ2n) is 3.55. The van der Waals surface area contributed by atoms with Gasteiger partial charge in [0, 0.05) is 0 Å². The summed E-state index contributed by atoms with van der Waals surface area (Å²) in [6.07, 6.45) is 3.89. The molecule has 12 heavy (non-hydrogen) atoms. The van der Waals surface area contributed by atoms with E-state index in [0.717, 1.165) is 19.6 Å². The van der Waals surface area contributed by atoms with Gasteiger partial charge in [-0.2, -0.15) is 0 Å². The van der Waals surface area contributed by atoms with Crippen molar-refractivity contribution < 1.29 is 9.47 Å². The van der Waals surface area contributed by atoms with Crippen LogP contribution in [-0.4, -0.2) is 45.0 Å². The lowest BCUT2D eigenvalue weighted by Gasteiger charge is -2.23. The third-order valence-electron chi connectivity index (χ3n) is 2.10. The second kappa shape index (κ2) is 5.51. The van der Waals surface area contributed by atoms with Gasteiger partial charge in [0.05, 0.1) is 12.7 Å². The zero-order valence-corrected chi connectivity index (χ0v) is 8.08. The monoisotopic (exact) mass is 173 g/mol. The van der Waals surface area contributed by atoms with Gasteiger partial charge >= 0.3 is 0 Å². The largest absolute Gasteiger partial charge is 0.355 e. The second-order valence-corrected chi connectivity index (χ2v) is 3.55. The van der Waals surface area contributed by atoms with Gasteiger partial charge < -0.3 is 14.4 Å². The minimum Gasteiger partial charge on any atom is -0.355 e. The molecule has 0 aliphatic carbocycles. The van der Waals surface area contributed by atoms with Crippen molar-refractivity contribution in [1.29, 1.82) is 0 Å². The first kappa shape index (κ1) is 9.96. The van der Waals surface area contributed by atoms with E-state index in [9.17, 15) is 0 Å². The first-order valence-corrected chi connectivity index (χ1v) is 4.63. The van der Waals surface area contributed by atoms with Gasteiger partial charge in [-0.05, 0) is 39.9 Å². The molecule has 1 atom stereocenters. The predicted octanol–water partition coefficient (Wildman–Crippen LogP) is 1.09. The van der Waals surface area contributed by atoms with Crippen molar-refractivity contribution in [3.63, 3.8) is 0 Å². The zero-order valence-electron chi connectivity index (χ0n) is 8.08. The molecule has 0 aromatic rings. The molecule has 1 saturated heterocycles. The van der Waals surface area contributed by atoms with Crippen LogP contribution in [0.2, 0.25) is 0 Å². The number of hydrogen-bond acceptors (Lipinski definition) is 3. The summed E-state index contributed by atoms with van der Waals surface area (Å²) >= 11 is 0. The summed E-state index contributed by atoms with van der Waals surface area (Å²) in [6.45, 7) is 2.51. The van der Waals surface area contributed by atoms with E-state index in [2.05, 4.69) is 19.0 Å². The fourth-order valence-corrected chi connectivity index (χ4v) is 1.36. The van der Waals surface area contributed by atoms with Crippen molar-refractivity contribution in [1.82, 2.24) is 4.90 Å². The lowest BCUT2D eigenvalue weighted by Crippen LogP contribution is -2.25. The van der Waals surface area contributed by atoms with Gasteiger partial charge in [-0.1, -0.05) is 0 Å². The standard InChI is InChI=1S/C9H19NO2/c1-10(2)6-3-4-9-5-7-11-8-12-9/h9H,3-8H2,1-2H3. The molecule has 0 aromatic carbocycles. The van der Waals surface area contributed by atoms with Crippen molar-refractivity contribution in [3.8, 4) is 0 Å². The van der Waals surface area contributed by atoms with Crippen LogP contribution in [0.15, 0.2) is 0 Å². The Morgan fingerprint density at radius 3 is 2.83 bits per heavy atom. The van der Waals surface area contributed by atoms with Crippen LogP contribution in [0.1, 0.15) is 19.3 Å². The predicted molar refractivity (Wildman–Crippen MR) is 48.1 cm³/mol. The molecular formula is C9H19NO2. The highest BCUT2D eigenvalue weighted by Crippen LogP contribution is 2.11. The van der Waals surface area contributed by atoms with Gasteiger partial charge in [0.1, 0.15) is 6.79 Å². The van der Waals surface area contributed by atoms with Crippen LogP contribution in [0, 0.1) is 0 Å². The maximum atomic E-state index is 5.42. The number of rotatable bonds is 4. The van der Waals surface area contributed by atoms with Gasteiger partial charge in [-0.25, -0.2) is 0 Å². The van der Waals surface area contributed by atoms with Crippen LogP contribution in [0.5, 0.6) is 0 Å². The van der Waals surface area contributed by atoms with E-state index >= 15 is 0 Å². The van der Waals surface area contributed by atoms with Crippen molar-refractivity contribution in [2.75, 3.05) is 34.0 Å². The van der Waals surface area contributed by atoms with Gasteiger partial charge in [0.2, 0.25) is 0 Å². The van der Waals surface area contributed by atoms with E-state index in [1.54, 1.807) is 0 Å². The van der Waals surface area contributed by atoms with Gasteiger partial charge in [0.25, 0.3) is 0 Å². The van der Waals surface area contributed by atoms with Gasteiger partial charge in [-0.3, -0.25) is 0 Å². The molecule has 1 aliphatic heterocycles. The fourth-order valence-electron chi connectivity index (χ4n) is 1.36. The molecule has 3 heteroatoms. The van der Waals surface area contributed by atoms with Crippen LogP contribution in [0.3, 0.4) is 0 Å². The van der Waals surface area contributed by atoms with Crippen molar-refractivity contribution in [2.45, 2.75) is 25.4 Å². The molecule has 0 radical (unpaired) electrons. The first-order valence-electron chi connectivity index (χ1n) is 4.63. The van der Waals surface area contributed by atoms with E-state index < -0.39 is 0 Å². The summed E-state index contributed by atoms with van der Waals surface area (Å²) in [4.78, 5) is 2.21. The van der Waals surface area contributed by atoms with Crippen molar-refractivity contribution >= 4 is 0 Å². The molecule has 0 saturated carbocycles. The molecule has 0 N–H and O–H groups in total. The third-order valence-corrected chi connectivity index (χ3v) is 2.10. The molecule has 0 bridgehead atoms. The highest BCUT2D eigenvalue weighted by Gasteiger charge is 2.13. The smallest absolute Gasteiger partial charge is 0.147 e. The Hall–Kier alpha value is -0.120. The van der Waals surface area contributed by atoms with Crippen molar-refractivity contribution in [3.05, 3.63) is 0 Å². The van der Waals surface area contributed by atoms with Crippen LogP contribution < -0.4 is 0 Å². The zero-order chi connectivity index (χ0) is 8.81. The number of nitrogens with zero attached hydrogens (tertiary/aromatic N) is 1. The molecule has 1 aliphatic rings. The van der Waals surface area contributed by atoms with E-state index in [1.165, 1.54) is 12.8 Å². The van der Waals surface area contributed by atoms with Crippen LogP contribution >= 0.6 is 0 Å². The maximum absolute atomic E-state index is 5.42. The molecule has 72 valence electrons. The average molecular weight is 173 g/mol. The number of hydrogen-bond donors (Lipinski definition) is 0. The molecule has 1 fully saturated rings. The topological polar surface area (TPSA) is 21.7 Å². The van der Waals surface area contributed by atoms with E-state index in [0.29, 0.717) is 12.9 Å². The highest BCUT2D eigenvalue weighted by atomic mass is 16.7. The summed E-state index contributed by atoms with van der Waals surface area (Å²) in [7, 11) is 4.20. The molecule has 1 unspecified atom stereocenters. The van der Waals surface area contributed by atoms with Crippen LogP contribution in [0.4, 0.5) is 0 Å².